The van der Waals surface area contributed by atoms with Gasteiger partial charge < -0.3 is 14.8 Å². The predicted octanol–water partition coefficient (Wildman–Crippen LogP) is 3.20. The molecule has 1 atom stereocenters. The second-order valence-electron chi connectivity index (χ2n) is 5.52. The SMILES string of the molecule is CNC(=O)OCC1OCCc2c(-c3ccc(C#N)cc3)cccc21. The molecule has 0 fully saturated rings. The smallest absolute Gasteiger partial charge is 0.406 e. The van der Waals surface area contributed by atoms with E-state index in [2.05, 4.69) is 17.5 Å². The third-order valence-corrected chi connectivity index (χ3v) is 4.13. The molecule has 1 aliphatic heterocycles. The molecule has 1 N–H and O–H groups in total. The number of alkyl carbamates (subject to hydrolysis) is 1. The third-order valence-electron chi connectivity index (χ3n) is 4.13. The standard InChI is InChI=1S/C19H18N2O3/c1-21-19(22)24-12-18-17-4-2-3-15(16(17)9-10-23-18)14-7-5-13(11-20)6-8-14/h2-8,18H,9-10,12H2,1H3,(H,21,22). The topological polar surface area (TPSA) is 71.3 Å². The van der Waals surface area contributed by atoms with Crippen molar-refractivity contribution in [3.05, 3.63) is 59.2 Å². The van der Waals surface area contributed by atoms with Gasteiger partial charge in [-0.05, 0) is 40.8 Å². The van der Waals surface area contributed by atoms with Gasteiger partial charge in [0.1, 0.15) is 12.7 Å². The molecule has 5 nitrogen and oxygen atoms in total. The first-order valence-corrected chi connectivity index (χ1v) is 7.81. The summed E-state index contributed by atoms with van der Waals surface area (Å²) in [5.74, 6) is 0. The fourth-order valence-electron chi connectivity index (χ4n) is 2.93. The molecule has 0 aromatic heterocycles. The lowest BCUT2D eigenvalue weighted by atomic mass is 9.89. The van der Waals surface area contributed by atoms with Crippen molar-refractivity contribution in [2.24, 2.45) is 0 Å². The molecule has 2 aromatic rings. The van der Waals surface area contributed by atoms with Crippen LogP contribution < -0.4 is 5.32 Å². The van der Waals surface area contributed by atoms with E-state index in [1.165, 1.54) is 12.6 Å². The van der Waals surface area contributed by atoms with Crippen LogP contribution in [0.5, 0.6) is 0 Å². The zero-order valence-corrected chi connectivity index (χ0v) is 13.4. The second kappa shape index (κ2) is 7.16. The molecule has 1 amide bonds. The summed E-state index contributed by atoms with van der Waals surface area (Å²) in [6, 6.07) is 15.8. The Morgan fingerprint density at radius 1 is 1.33 bits per heavy atom. The molecular formula is C19H18N2O3. The van der Waals surface area contributed by atoms with E-state index in [0.29, 0.717) is 12.2 Å². The van der Waals surface area contributed by atoms with Gasteiger partial charge in [0.2, 0.25) is 0 Å². The number of nitrogens with one attached hydrogen (secondary N) is 1. The molecule has 3 rings (SSSR count). The molecule has 1 heterocycles. The van der Waals surface area contributed by atoms with E-state index in [1.54, 1.807) is 0 Å². The highest BCUT2D eigenvalue weighted by Crippen LogP contribution is 2.34. The Morgan fingerprint density at radius 2 is 2.12 bits per heavy atom. The minimum absolute atomic E-state index is 0.184. The van der Waals surface area contributed by atoms with Gasteiger partial charge >= 0.3 is 6.09 Å². The molecule has 0 aliphatic carbocycles. The number of benzene rings is 2. The summed E-state index contributed by atoms with van der Waals surface area (Å²) >= 11 is 0. The second-order valence-corrected chi connectivity index (χ2v) is 5.52. The van der Waals surface area contributed by atoms with Crippen LogP contribution >= 0.6 is 0 Å². The first-order valence-electron chi connectivity index (χ1n) is 7.81. The summed E-state index contributed by atoms with van der Waals surface area (Å²) in [5.41, 5.74) is 5.10. The maximum atomic E-state index is 11.3. The number of nitrogens with zero attached hydrogens (tertiary/aromatic N) is 1. The fraction of sp³-hybridized carbons (Fsp3) is 0.263. The molecule has 2 aromatic carbocycles. The molecular weight excluding hydrogens is 304 g/mol. The van der Waals surface area contributed by atoms with Crippen LogP contribution in [0.4, 0.5) is 4.79 Å². The zero-order chi connectivity index (χ0) is 16.9. The van der Waals surface area contributed by atoms with Crippen molar-refractivity contribution in [3.63, 3.8) is 0 Å². The van der Waals surface area contributed by atoms with Gasteiger partial charge in [0.05, 0.1) is 18.2 Å². The van der Waals surface area contributed by atoms with Gasteiger partial charge in [-0.2, -0.15) is 5.26 Å². The minimum Gasteiger partial charge on any atom is -0.446 e. The monoisotopic (exact) mass is 322 g/mol. The number of amides is 1. The van der Waals surface area contributed by atoms with Crippen molar-refractivity contribution >= 4 is 6.09 Å². The van der Waals surface area contributed by atoms with Crippen LogP contribution in [0.3, 0.4) is 0 Å². The Bertz CT molecular complexity index is 778. The molecule has 0 bridgehead atoms. The van der Waals surface area contributed by atoms with E-state index in [1.807, 2.05) is 36.4 Å². The number of nitriles is 1. The van der Waals surface area contributed by atoms with Crippen LogP contribution in [0.1, 0.15) is 22.8 Å². The fourth-order valence-corrected chi connectivity index (χ4v) is 2.93. The van der Waals surface area contributed by atoms with Crippen molar-refractivity contribution < 1.29 is 14.3 Å². The average Bonchev–Trinajstić information content (AvgIpc) is 2.65. The van der Waals surface area contributed by atoms with Crippen molar-refractivity contribution in [1.82, 2.24) is 5.32 Å². The van der Waals surface area contributed by atoms with Crippen LogP contribution in [-0.4, -0.2) is 26.4 Å². The Morgan fingerprint density at radius 3 is 2.83 bits per heavy atom. The molecule has 0 saturated carbocycles. The lowest BCUT2D eigenvalue weighted by molar-refractivity contribution is -0.00346. The van der Waals surface area contributed by atoms with E-state index in [9.17, 15) is 4.79 Å². The van der Waals surface area contributed by atoms with Crippen LogP contribution in [0.2, 0.25) is 0 Å². The summed E-state index contributed by atoms with van der Waals surface area (Å²) < 4.78 is 10.9. The number of hydrogen-bond acceptors (Lipinski definition) is 4. The predicted molar refractivity (Wildman–Crippen MR) is 89.4 cm³/mol. The summed E-state index contributed by atoms with van der Waals surface area (Å²) in [6.07, 6.45) is 0.0838. The highest BCUT2D eigenvalue weighted by Gasteiger charge is 2.24. The van der Waals surface area contributed by atoms with Crippen LogP contribution in [0.25, 0.3) is 11.1 Å². The van der Waals surface area contributed by atoms with Crippen molar-refractivity contribution in [2.45, 2.75) is 12.5 Å². The molecule has 0 radical (unpaired) electrons. The maximum absolute atomic E-state index is 11.3. The van der Waals surface area contributed by atoms with Gasteiger partial charge in [-0.3, -0.25) is 0 Å². The molecule has 122 valence electrons. The van der Waals surface area contributed by atoms with Crippen LogP contribution in [0, 0.1) is 11.3 Å². The van der Waals surface area contributed by atoms with Crippen molar-refractivity contribution in [3.8, 4) is 17.2 Å². The molecule has 5 heteroatoms. The average molecular weight is 322 g/mol. The van der Waals surface area contributed by atoms with Crippen molar-refractivity contribution in [1.29, 1.82) is 5.26 Å². The van der Waals surface area contributed by atoms with Gasteiger partial charge in [-0.15, -0.1) is 0 Å². The highest BCUT2D eigenvalue weighted by molar-refractivity contribution is 5.70. The molecule has 24 heavy (non-hydrogen) atoms. The number of fused-ring (bicyclic) bond motifs is 1. The summed E-state index contributed by atoms with van der Waals surface area (Å²) in [4.78, 5) is 11.3. The van der Waals surface area contributed by atoms with Crippen LogP contribution in [0.15, 0.2) is 42.5 Å². The van der Waals surface area contributed by atoms with E-state index >= 15 is 0 Å². The first kappa shape index (κ1) is 16.0. The van der Waals surface area contributed by atoms with Crippen molar-refractivity contribution in [2.75, 3.05) is 20.3 Å². The van der Waals surface area contributed by atoms with E-state index < -0.39 is 6.09 Å². The third kappa shape index (κ3) is 3.24. The molecule has 0 spiro atoms. The zero-order valence-electron chi connectivity index (χ0n) is 13.4. The van der Waals surface area contributed by atoms with Gasteiger partial charge in [0, 0.05) is 7.05 Å². The maximum Gasteiger partial charge on any atom is 0.406 e. The number of ether oxygens (including phenoxy) is 2. The summed E-state index contributed by atoms with van der Waals surface area (Å²) in [6.45, 7) is 0.769. The number of hydrogen-bond donors (Lipinski definition) is 1. The summed E-state index contributed by atoms with van der Waals surface area (Å²) in [7, 11) is 1.53. The first-order chi connectivity index (χ1) is 11.7. The Hall–Kier alpha value is -2.84. The molecule has 1 unspecified atom stereocenters. The largest absolute Gasteiger partial charge is 0.446 e. The lowest BCUT2D eigenvalue weighted by Gasteiger charge is -2.27. The summed E-state index contributed by atoms with van der Waals surface area (Å²) in [5, 5.41) is 11.4. The Kier molecular flexibility index (Phi) is 4.78. The molecule has 0 saturated heterocycles. The van der Waals surface area contributed by atoms with E-state index in [4.69, 9.17) is 14.7 Å². The van der Waals surface area contributed by atoms with E-state index in [0.717, 1.165) is 23.1 Å². The lowest BCUT2D eigenvalue weighted by Crippen LogP contribution is -2.26. The van der Waals surface area contributed by atoms with E-state index in [-0.39, 0.29) is 12.7 Å². The Labute approximate surface area is 140 Å². The molecule has 1 aliphatic rings. The normalized spacial score (nSPS) is 15.9. The Balaban J connectivity index is 1.91. The number of carbonyl (C=O) groups excluding carboxylic acids is 1. The quantitative estimate of drug-likeness (QED) is 0.942. The highest BCUT2D eigenvalue weighted by atomic mass is 16.6. The number of rotatable bonds is 3. The van der Waals surface area contributed by atoms with Gasteiger partial charge in [0.25, 0.3) is 0 Å². The van der Waals surface area contributed by atoms with Crippen LogP contribution in [-0.2, 0) is 15.9 Å². The van der Waals surface area contributed by atoms with Gasteiger partial charge in [0.15, 0.2) is 0 Å². The van der Waals surface area contributed by atoms with Gasteiger partial charge in [-0.25, -0.2) is 4.79 Å². The minimum atomic E-state index is -0.464. The van der Waals surface area contributed by atoms with Gasteiger partial charge in [-0.1, -0.05) is 30.3 Å². The number of carbonyl (C=O) groups is 1.